The third kappa shape index (κ3) is 3.26. The molecular weight excluding hydrogens is 296 g/mol. The first-order valence-corrected chi connectivity index (χ1v) is 7.21. The Bertz CT molecular complexity index is 648. The number of rotatable bonds is 2. The van der Waals surface area contributed by atoms with Crippen LogP contribution in [0.1, 0.15) is 36.8 Å². The summed E-state index contributed by atoms with van der Waals surface area (Å²) in [7, 11) is 0. The SMILES string of the molecule is CC(C)(C)c1csc(NC(=O)c2cnc(N)c(Cl)c2)n1. The van der Waals surface area contributed by atoms with Crippen molar-refractivity contribution in [2.24, 2.45) is 0 Å². The number of hydrogen-bond donors (Lipinski definition) is 2. The predicted molar refractivity (Wildman–Crippen MR) is 82.4 cm³/mol. The van der Waals surface area contributed by atoms with Crippen molar-refractivity contribution in [2.75, 3.05) is 11.1 Å². The molecule has 0 saturated carbocycles. The van der Waals surface area contributed by atoms with E-state index >= 15 is 0 Å². The van der Waals surface area contributed by atoms with Gasteiger partial charge in [0.15, 0.2) is 5.13 Å². The minimum atomic E-state index is -0.311. The first-order valence-electron chi connectivity index (χ1n) is 5.96. The van der Waals surface area contributed by atoms with Crippen molar-refractivity contribution in [3.8, 4) is 0 Å². The number of aromatic nitrogens is 2. The van der Waals surface area contributed by atoms with Gasteiger partial charge in [-0.25, -0.2) is 9.97 Å². The van der Waals surface area contributed by atoms with Crippen LogP contribution in [-0.2, 0) is 5.41 Å². The second-order valence-electron chi connectivity index (χ2n) is 5.33. The van der Waals surface area contributed by atoms with E-state index in [2.05, 4.69) is 36.1 Å². The van der Waals surface area contributed by atoms with Gasteiger partial charge in [-0.2, -0.15) is 0 Å². The number of pyridine rings is 1. The number of amides is 1. The minimum Gasteiger partial charge on any atom is -0.382 e. The standard InChI is InChI=1S/C13H15ClN4OS/c1-13(2,3)9-6-20-12(17-9)18-11(19)7-4-8(14)10(15)16-5-7/h4-6H,1-3H3,(H2,15,16)(H,17,18,19). The van der Waals surface area contributed by atoms with Crippen LogP contribution in [-0.4, -0.2) is 15.9 Å². The molecule has 0 aliphatic rings. The molecule has 2 aromatic rings. The number of anilines is 2. The topological polar surface area (TPSA) is 80.9 Å². The molecule has 0 aromatic carbocycles. The summed E-state index contributed by atoms with van der Waals surface area (Å²) in [6, 6.07) is 1.48. The van der Waals surface area contributed by atoms with E-state index in [-0.39, 0.29) is 22.2 Å². The van der Waals surface area contributed by atoms with Gasteiger partial charge in [-0.1, -0.05) is 32.4 Å². The molecule has 0 aliphatic carbocycles. The Labute approximate surface area is 126 Å². The maximum absolute atomic E-state index is 12.1. The number of halogens is 1. The highest BCUT2D eigenvalue weighted by Gasteiger charge is 2.18. The summed E-state index contributed by atoms with van der Waals surface area (Å²) in [5.74, 6) is -0.110. The predicted octanol–water partition coefficient (Wildman–Crippen LogP) is 3.32. The summed E-state index contributed by atoms with van der Waals surface area (Å²) in [5.41, 5.74) is 6.74. The summed E-state index contributed by atoms with van der Waals surface area (Å²) in [6.07, 6.45) is 1.38. The maximum Gasteiger partial charge on any atom is 0.259 e. The van der Waals surface area contributed by atoms with Crippen LogP contribution in [0.2, 0.25) is 5.02 Å². The number of thiazole rings is 1. The van der Waals surface area contributed by atoms with Crippen LogP contribution in [0.5, 0.6) is 0 Å². The normalized spacial score (nSPS) is 11.4. The van der Waals surface area contributed by atoms with Crippen molar-refractivity contribution in [3.05, 3.63) is 33.9 Å². The third-order valence-corrected chi connectivity index (χ3v) is 3.69. The van der Waals surface area contributed by atoms with E-state index < -0.39 is 0 Å². The summed E-state index contributed by atoms with van der Waals surface area (Å²) < 4.78 is 0. The Morgan fingerprint density at radius 3 is 2.70 bits per heavy atom. The van der Waals surface area contributed by atoms with Gasteiger partial charge in [0.1, 0.15) is 5.82 Å². The molecule has 106 valence electrons. The van der Waals surface area contributed by atoms with Crippen molar-refractivity contribution in [1.82, 2.24) is 9.97 Å². The molecule has 0 saturated heterocycles. The van der Waals surface area contributed by atoms with Gasteiger partial charge in [-0.3, -0.25) is 10.1 Å². The molecule has 3 N–H and O–H groups in total. The molecule has 0 bridgehead atoms. The lowest BCUT2D eigenvalue weighted by Gasteiger charge is -2.14. The molecular formula is C13H15ClN4OS. The molecule has 0 atom stereocenters. The molecule has 1 amide bonds. The summed E-state index contributed by atoms with van der Waals surface area (Å²) in [4.78, 5) is 20.3. The second-order valence-corrected chi connectivity index (χ2v) is 6.60. The maximum atomic E-state index is 12.1. The van der Waals surface area contributed by atoms with Crippen molar-refractivity contribution in [2.45, 2.75) is 26.2 Å². The van der Waals surface area contributed by atoms with Gasteiger partial charge in [-0.15, -0.1) is 11.3 Å². The molecule has 2 rings (SSSR count). The Hall–Kier alpha value is -1.66. The average molecular weight is 311 g/mol. The Morgan fingerprint density at radius 1 is 1.45 bits per heavy atom. The summed E-state index contributed by atoms with van der Waals surface area (Å²) >= 11 is 7.23. The van der Waals surface area contributed by atoms with E-state index in [0.29, 0.717) is 10.7 Å². The van der Waals surface area contributed by atoms with E-state index in [1.54, 1.807) is 0 Å². The number of carbonyl (C=O) groups excluding carboxylic acids is 1. The Kier molecular flexibility index (Phi) is 3.96. The fourth-order valence-corrected chi connectivity index (χ4v) is 2.52. The lowest BCUT2D eigenvalue weighted by Crippen LogP contribution is -2.14. The van der Waals surface area contributed by atoms with Crippen LogP contribution < -0.4 is 11.1 Å². The van der Waals surface area contributed by atoms with Crippen LogP contribution in [0.25, 0.3) is 0 Å². The highest BCUT2D eigenvalue weighted by molar-refractivity contribution is 7.14. The number of nitrogen functional groups attached to an aromatic ring is 1. The van der Waals surface area contributed by atoms with Crippen LogP contribution in [0, 0.1) is 0 Å². The van der Waals surface area contributed by atoms with Gasteiger partial charge in [-0.05, 0) is 6.07 Å². The third-order valence-electron chi connectivity index (χ3n) is 2.62. The summed E-state index contributed by atoms with van der Waals surface area (Å²) in [5, 5.41) is 5.47. The van der Waals surface area contributed by atoms with Gasteiger partial charge in [0.2, 0.25) is 0 Å². The van der Waals surface area contributed by atoms with Gasteiger partial charge in [0.05, 0.1) is 16.3 Å². The van der Waals surface area contributed by atoms with Crippen molar-refractivity contribution < 1.29 is 4.79 Å². The molecule has 2 aromatic heterocycles. The quantitative estimate of drug-likeness (QED) is 0.891. The number of nitrogens with one attached hydrogen (secondary N) is 1. The molecule has 7 heteroatoms. The molecule has 0 spiro atoms. The van der Waals surface area contributed by atoms with E-state index in [9.17, 15) is 4.79 Å². The highest BCUT2D eigenvalue weighted by atomic mass is 35.5. The number of hydrogen-bond acceptors (Lipinski definition) is 5. The monoisotopic (exact) mass is 310 g/mol. The zero-order chi connectivity index (χ0) is 14.9. The highest BCUT2D eigenvalue weighted by Crippen LogP contribution is 2.26. The fourth-order valence-electron chi connectivity index (χ4n) is 1.42. The second kappa shape index (κ2) is 5.38. The van der Waals surface area contributed by atoms with Gasteiger partial charge in [0, 0.05) is 17.0 Å². The number of nitrogens with two attached hydrogens (primary N) is 1. The molecule has 2 heterocycles. The van der Waals surface area contributed by atoms with Crippen molar-refractivity contribution in [1.29, 1.82) is 0 Å². The molecule has 0 aliphatic heterocycles. The van der Waals surface area contributed by atoms with Crippen LogP contribution in [0.15, 0.2) is 17.6 Å². The van der Waals surface area contributed by atoms with Gasteiger partial charge < -0.3 is 5.73 Å². The zero-order valence-electron chi connectivity index (χ0n) is 11.4. The minimum absolute atomic E-state index is 0.0501. The van der Waals surface area contributed by atoms with Crippen molar-refractivity contribution in [3.63, 3.8) is 0 Å². The largest absolute Gasteiger partial charge is 0.382 e. The van der Waals surface area contributed by atoms with Crippen molar-refractivity contribution >= 4 is 39.8 Å². The van der Waals surface area contributed by atoms with Crippen LogP contribution in [0.3, 0.4) is 0 Å². The first kappa shape index (κ1) is 14.7. The van der Waals surface area contributed by atoms with E-state index in [1.165, 1.54) is 23.6 Å². The first-order chi connectivity index (χ1) is 9.27. The summed E-state index contributed by atoms with van der Waals surface area (Å²) in [6.45, 7) is 6.20. The fraction of sp³-hybridized carbons (Fsp3) is 0.308. The lowest BCUT2D eigenvalue weighted by molar-refractivity contribution is 0.102. The average Bonchev–Trinajstić information content (AvgIpc) is 2.81. The molecule has 5 nitrogen and oxygen atoms in total. The van der Waals surface area contributed by atoms with E-state index in [1.807, 2.05) is 5.38 Å². The lowest BCUT2D eigenvalue weighted by atomic mass is 9.93. The van der Waals surface area contributed by atoms with E-state index in [0.717, 1.165) is 5.69 Å². The molecule has 20 heavy (non-hydrogen) atoms. The van der Waals surface area contributed by atoms with E-state index in [4.69, 9.17) is 17.3 Å². The molecule has 0 unspecified atom stereocenters. The van der Waals surface area contributed by atoms with Crippen LogP contribution >= 0.6 is 22.9 Å². The zero-order valence-corrected chi connectivity index (χ0v) is 13.0. The molecule has 0 fully saturated rings. The van der Waals surface area contributed by atoms with Gasteiger partial charge in [0.25, 0.3) is 5.91 Å². The van der Waals surface area contributed by atoms with Crippen LogP contribution in [0.4, 0.5) is 10.9 Å². The van der Waals surface area contributed by atoms with Gasteiger partial charge >= 0.3 is 0 Å². The smallest absolute Gasteiger partial charge is 0.259 e. The number of carbonyl (C=O) groups is 1. The Morgan fingerprint density at radius 2 is 2.15 bits per heavy atom. The number of nitrogens with zero attached hydrogens (tertiary/aromatic N) is 2. The Balaban J connectivity index is 2.15. The molecule has 0 radical (unpaired) electrons.